The van der Waals surface area contributed by atoms with Crippen LogP contribution in [-0.2, 0) is 24.3 Å². The zero-order valence-electron chi connectivity index (χ0n) is 17.1. The Labute approximate surface area is 180 Å². The van der Waals surface area contributed by atoms with E-state index in [1.165, 1.54) is 11.8 Å². The first-order chi connectivity index (χ1) is 14.6. The molecule has 0 saturated carbocycles. The number of anilines is 1. The van der Waals surface area contributed by atoms with Crippen LogP contribution in [0.5, 0.6) is 0 Å². The summed E-state index contributed by atoms with van der Waals surface area (Å²) in [5.74, 6) is 0.862. The fourth-order valence-electron chi connectivity index (χ4n) is 3.72. The number of carbonyl (C=O) groups is 1. The van der Waals surface area contributed by atoms with Gasteiger partial charge in [0.05, 0.1) is 12.5 Å². The molecule has 30 heavy (non-hydrogen) atoms. The van der Waals surface area contributed by atoms with Gasteiger partial charge in [0.1, 0.15) is 5.82 Å². The first kappa shape index (κ1) is 20.3. The Kier molecular flexibility index (Phi) is 5.99. The summed E-state index contributed by atoms with van der Waals surface area (Å²) >= 11 is 1.48. The van der Waals surface area contributed by atoms with Crippen molar-refractivity contribution in [3.8, 4) is 0 Å². The average molecular weight is 421 g/mol. The number of rotatable bonds is 5. The average Bonchev–Trinajstić information content (AvgIpc) is 2.78. The third-order valence-electron chi connectivity index (χ3n) is 5.33. The van der Waals surface area contributed by atoms with E-state index in [9.17, 15) is 9.59 Å². The van der Waals surface area contributed by atoms with E-state index in [0.717, 1.165) is 16.8 Å². The fourth-order valence-corrected chi connectivity index (χ4v) is 4.84. The standard InChI is InChI=1S/C23H24N4O2S/c1-3-19-16(2)25-23-27(22(19)29)14-18(15-30-23)21(28)26(20-11-7-8-12-24-20)13-17-9-5-4-6-10-17/h4-12,18H,3,13-15H2,1-2H3. The summed E-state index contributed by atoms with van der Waals surface area (Å²) in [5, 5.41) is 0.700. The molecule has 0 spiro atoms. The minimum atomic E-state index is -0.319. The van der Waals surface area contributed by atoms with E-state index in [0.29, 0.717) is 36.2 Å². The molecule has 1 aliphatic rings. The Bertz CT molecular complexity index is 1100. The molecule has 0 radical (unpaired) electrons. The van der Waals surface area contributed by atoms with E-state index in [1.54, 1.807) is 15.7 Å². The maximum absolute atomic E-state index is 13.6. The van der Waals surface area contributed by atoms with Crippen molar-refractivity contribution in [3.63, 3.8) is 0 Å². The molecular formula is C23H24N4O2S. The highest BCUT2D eigenvalue weighted by Gasteiger charge is 2.32. The van der Waals surface area contributed by atoms with Crippen LogP contribution in [-0.4, -0.2) is 26.2 Å². The molecule has 1 atom stereocenters. The maximum atomic E-state index is 13.6. The molecule has 0 fully saturated rings. The van der Waals surface area contributed by atoms with E-state index >= 15 is 0 Å². The molecule has 0 aliphatic carbocycles. The van der Waals surface area contributed by atoms with Crippen molar-refractivity contribution < 1.29 is 4.79 Å². The number of aryl methyl sites for hydroxylation is 1. The van der Waals surface area contributed by atoms with Gasteiger partial charge in [-0.15, -0.1) is 0 Å². The molecule has 0 N–H and O–H groups in total. The second-order valence-corrected chi connectivity index (χ2v) is 8.32. The summed E-state index contributed by atoms with van der Waals surface area (Å²) < 4.78 is 1.67. The van der Waals surface area contributed by atoms with Crippen molar-refractivity contribution in [2.24, 2.45) is 5.92 Å². The normalized spacial score (nSPS) is 15.5. The number of nitrogens with zero attached hydrogens (tertiary/aromatic N) is 4. The molecule has 0 saturated heterocycles. The summed E-state index contributed by atoms with van der Waals surface area (Å²) in [6, 6.07) is 15.4. The summed E-state index contributed by atoms with van der Waals surface area (Å²) in [7, 11) is 0. The van der Waals surface area contributed by atoms with Gasteiger partial charge < -0.3 is 0 Å². The number of aromatic nitrogens is 3. The highest BCUT2D eigenvalue weighted by atomic mass is 32.2. The van der Waals surface area contributed by atoms with Gasteiger partial charge in [0.15, 0.2) is 5.16 Å². The number of carbonyl (C=O) groups excluding carboxylic acids is 1. The molecule has 154 valence electrons. The van der Waals surface area contributed by atoms with E-state index in [1.807, 2.05) is 62.4 Å². The van der Waals surface area contributed by atoms with Crippen molar-refractivity contribution in [2.45, 2.75) is 38.5 Å². The van der Waals surface area contributed by atoms with Crippen LogP contribution in [0.3, 0.4) is 0 Å². The third-order valence-corrected chi connectivity index (χ3v) is 6.47. The lowest BCUT2D eigenvalue weighted by Crippen LogP contribution is -2.43. The quantitative estimate of drug-likeness (QED) is 0.591. The van der Waals surface area contributed by atoms with Crippen LogP contribution in [0, 0.1) is 12.8 Å². The summed E-state index contributed by atoms with van der Waals surface area (Å²) in [4.78, 5) is 37.2. The second kappa shape index (κ2) is 8.83. The van der Waals surface area contributed by atoms with Crippen molar-refractivity contribution in [1.29, 1.82) is 0 Å². The lowest BCUT2D eigenvalue weighted by atomic mass is 10.1. The molecule has 6 nitrogen and oxygen atoms in total. The predicted octanol–water partition coefficient (Wildman–Crippen LogP) is 3.46. The Balaban J connectivity index is 1.65. The van der Waals surface area contributed by atoms with Crippen LogP contribution in [0.25, 0.3) is 0 Å². The highest BCUT2D eigenvalue weighted by Crippen LogP contribution is 2.28. The van der Waals surface area contributed by atoms with Gasteiger partial charge in [-0.25, -0.2) is 9.97 Å². The van der Waals surface area contributed by atoms with E-state index in [-0.39, 0.29) is 17.4 Å². The second-order valence-electron chi connectivity index (χ2n) is 7.33. The predicted molar refractivity (Wildman–Crippen MR) is 119 cm³/mol. The number of fused-ring (bicyclic) bond motifs is 1. The van der Waals surface area contributed by atoms with Gasteiger partial charge in [-0.1, -0.05) is 55.1 Å². The van der Waals surface area contributed by atoms with E-state index in [2.05, 4.69) is 9.97 Å². The molecule has 1 amide bonds. The van der Waals surface area contributed by atoms with Crippen molar-refractivity contribution >= 4 is 23.5 Å². The Hall–Kier alpha value is -2.93. The van der Waals surface area contributed by atoms with Gasteiger partial charge in [-0.2, -0.15) is 0 Å². The molecule has 0 bridgehead atoms. The smallest absolute Gasteiger partial charge is 0.257 e. The number of benzene rings is 1. The molecule has 3 aromatic rings. The number of hydrogen-bond acceptors (Lipinski definition) is 5. The van der Waals surface area contributed by atoms with Gasteiger partial charge >= 0.3 is 0 Å². The first-order valence-electron chi connectivity index (χ1n) is 10.1. The summed E-state index contributed by atoms with van der Waals surface area (Å²) in [6.07, 6.45) is 2.32. The topological polar surface area (TPSA) is 68.1 Å². The van der Waals surface area contributed by atoms with Gasteiger partial charge in [0.2, 0.25) is 5.91 Å². The number of thioether (sulfide) groups is 1. The van der Waals surface area contributed by atoms with Crippen LogP contribution in [0.4, 0.5) is 5.82 Å². The van der Waals surface area contributed by atoms with Crippen LogP contribution < -0.4 is 10.5 Å². The zero-order chi connectivity index (χ0) is 21.1. The van der Waals surface area contributed by atoms with Gasteiger partial charge in [0.25, 0.3) is 5.56 Å². The van der Waals surface area contributed by atoms with Crippen LogP contribution in [0.2, 0.25) is 0 Å². The minimum Gasteiger partial charge on any atom is -0.292 e. The summed E-state index contributed by atoms with van der Waals surface area (Å²) in [6.45, 7) is 4.62. The first-order valence-corrected chi connectivity index (χ1v) is 11.1. The van der Waals surface area contributed by atoms with Crippen molar-refractivity contribution in [2.75, 3.05) is 10.7 Å². The lowest BCUT2D eigenvalue weighted by molar-refractivity contribution is -0.122. The molecule has 1 unspecified atom stereocenters. The summed E-state index contributed by atoms with van der Waals surface area (Å²) in [5.41, 5.74) is 2.50. The largest absolute Gasteiger partial charge is 0.292 e. The van der Waals surface area contributed by atoms with E-state index < -0.39 is 0 Å². The fraction of sp³-hybridized carbons (Fsp3) is 0.304. The number of amides is 1. The number of hydrogen-bond donors (Lipinski definition) is 0. The highest BCUT2D eigenvalue weighted by molar-refractivity contribution is 7.99. The Morgan fingerprint density at radius 2 is 1.97 bits per heavy atom. The molecule has 1 aliphatic heterocycles. The van der Waals surface area contributed by atoms with Gasteiger partial charge in [-0.05, 0) is 31.0 Å². The third kappa shape index (κ3) is 4.03. The van der Waals surface area contributed by atoms with E-state index in [4.69, 9.17) is 0 Å². The maximum Gasteiger partial charge on any atom is 0.257 e. The molecular weight excluding hydrogens is 396 g/mol. The number of pyridine rings is 1. The van der Waals surface area contributed by atoms with Crippen molar-refractivity contribution in [1.82, 2.24) is 14.5 Å². The zero-order valence-corrected chi connectivity index (χ0v) is 17.9. The van der Waals surface area contributed by atoms with Crippen LogP contribution in [0.15, 0.2) is 64.7 Å². The van der Waals surface area contributed by atoms with Gasteiger partial charge in [-0.3, -0.25) is 19.1 Å². The van der Waals surface area contributed by atoms with Gasteiger partial charge in [0, 0.05) is 29.8 Å². The molecule has 4 rings (SSSR count). The monoisotopic (exact) mass is 420 g/mol. The molecule has 1 aromatic carbocycles. The minimum absolute atomic E-state index is 0.0266. The van der Waals surface area contributed by atoms with Crippen molar-refractivity contribution in [3.05, 3.63) is 81.9 Å². The Morgan fingerprint density at radius 1 is 1.20 bits per heavy atom. The Morgan fingerprint density at radius 3 is 2.67 bits per heavy atom. The lowest BCUT2D eigenvalue weighted by Gasteiger charge is -2.30. The molecule has 7 heteroatoms. The van der Waals surface area contributed by atoms with Crippen LogP contribution >= 0.6 is 11.8 Å². The molecule has 2 aromatic heterocycles. The molecule has 3 heterocycles. The SMILES string of the molecule is CCc1c(C)nc2n(c1=O)CC(C(=O)N(Cc1ccccc1)c1ccccn1)CS2. The van der Waals surface area contributed by atoms with Crippen LogP contribution in [0.1, 0.15) is 23.7 Å².